The summed E-state index contributed by atoms with van der Waals surface area (Å²) in [6, 6.07) is 14.1. The van der Waals surface area contributed by atoms with Gasteiger partial charge in [-0.1, -0.05) is 53.7 Å². The summed E-state index contributed by atoms with van der Waals surface area (Å²) in [6.45, 7) is 7.93. The van der Waals surface area contributed by atoms with Crippen LogP contribution in [0.15, 0.2) is 47.6 Å². The molecule has 0 saturated carbocycles. The van der Waals surface area contributed by atoms with Gasteiger partial charge in [0, 0.05) is 18.3 Å². The van der Waals surface area contributed by atoms with Crippen molar-refractivity contribution < 1.29 is 4.79 Å². The molecular formula is C21H24N4OS. The number of carbonyl (C=O) groups excluding carboxylic acids is 1. The zero-order chi connectivity index (χ0) is 19.6. The molecule has 0 aliphatic rings. The van der Waals surface area contributed by atoms with Crippen LogP contribution in [-0.4, -0.2) is 25.9 Å². The highest BCUT2D eigenvalue weighted by atomic mass is 32.2. The molecule has 3 aromatic rings. The van der Waals surface area contributed by atoms with Crippen LogP contribution in [0, 0.1) is 20.8 Å². The first-order chi connectivity index (χ1) is 12.9. The van der Waals surface area contributed by atoms with Crippen LogP contribution in [0.3, 0.4) is 0 Å². The zero-order valence-electron chi connectivity index (χ0n) is 16.3. The van der Waals surface area contributed by atoms with Gasteiger partial charge < -0.3 is 9.88 Å². The van der Waals surface area contributed by atoms with Crippen molar-refractivity contribution in [3.05, 3.63) is 59.2 Å². The highest BCUT2D eigenvalue weighted by molar-refractivity contribution is 8.00. The molecule has 6 heteroatoms. The minimum atomic E-state index is -0.294. The van der Waals surface area contributed by atoms with Crippen molar-refractivity contribution in [2.24, 2.45) is 7.05 Å². The number of amides is 1. The SMILES string of the molecule is Cc1cccc(-c2nnc(SC(C)C(=O)Nc3c(C)cccc3C)n2C)c1. The lowest BCUT2D eigenvalue weighted by Crippen LogP contribution is -2.23. The number of carbonyl (C=O) groups is 1. The summed E-state index contributed by atoms with van der Waals surface area (Å²) >= 11 is 1.41. The first-order valence-electron chi connectivity index (χ1n) is 8.87. The van der Waals surface area contributed by atoms with Crippen LogP contribution in [0.4, 0.5) is 5.69 Å². The number of benzene rings is 2. The van der Waals surface area contributed by atoms with Gasteiger partial charge in [0.25, 0.3) is 0 Å². The fourth-order valence-electron chi connectivity index (χ4n) is 2.90. The van der Waals surface area contributed by atoms with Crippen LogP contribution < -0.4 is 5.32 Å². The number of para-hydroxylation sites is 1. The zero-order valence-corrected chi connectivity index (χ0v) is 17.1. The van der Waals surface area contributed by atoms with Gasteiger partial charge in [0.15, 0.2) is 11.0 Å². The Kier molecular flexibility index (Phi) is 5.65. The number of nitrogens with zero attached hydrogens (tertiary/aromatic N) is 3. The van der Waals surface area contributed by atoms with Crippen molar-refractivity contribution in [1.29, 1.82) is 0 Å². The third-order valence-corrected chi connectivity index (χ3v) is 5.63. The van der Waals surface area contributed by atoms with E-state index in [1.165, 1.54) is 17.3 Å². The second kappa shape index (κ2) is 7.96. The van der Waals surface area contributed by atoms with Crippen LogP contribution in [0.25, 0.3) is 11.4 Å². The monoisotopic (exact) mass is 380 g/mol. The molecule has 0 saturated heterocycles. The summed E-state index contributed by atoms with van der Waals surface area (Å²) in [6.07, 6.45) is 0. The highest BCUT2D eigenvalue weighted by Gasteiger charge is 2.20. The number of hydrogen-bond donors (Lipinski definition) is 1. The van der Waals surface area contributed by atoms with Gasteiger partial charge in [0.05, 0.1) is 5.25 Å². The normalized spacial score (nSPS) is 12.0. The number of rotatable bonds is 5. The van der Waals surface area contributed by atoms with E-state index in [1.54, 1.807) is 0 Å². The van der Waals surface area contributed by atoms with E-state index in [2.05, 4.69) is 34.6 Å². The first kappa shape index (κ1) is 19.2. The van der Waals surface area contributed by atoms with Gasteiger partial charge in [-0.15, -0.1) is 10.2 Å². The van der Waals surface area contributed by atoms with E-state index in [4.69, 9.17) is 0 Å². The number of thioether (sulfide) groups is 1. The predicted molar refractivity (Wildman–Crippen MR) is 111 cm³/mol. The van der Waals surface area contributed by atoms with Crippen LogP contribution >= 0.6 is 11.8 Å². The summed E-state index contributed by atoms with van der Waals surface area (Å²) in [5, 5.41) is 12.1. The Morgan fingerprint density at radius 3 is 2.41 bits per heavy atom. The number of anilines is 1. The van der Waals surface area contributed by atoms with Crippen molar-refractivity contribution in [3.8, 4) is 11.4 Å². The lowest BCUT2D eigenvalue weighted by atomic mass is 10.1. The van der Waals surface area contributed by atoms with Gasteiger partial charge in [0.2, 0.25) is 5.91 Å². The van der Waals surface area contributed by atoms with Crippen LogP contribution in [0.5, 0.6) is 0 Å². The smallest absolute Gasteiger partial charge is 0.237 e. The molecule has 1 amide bonds. The minimum absolute atomic E-state index is 0.0440. The third kappa shape index (κ3) is 4.22. The van der Waals surface area contributed by atoms with E-state index < -0.39 is 0 Å². The summed E-state index contributed by atoms with van der Waals surface area (Å²) < 4.78 is 1.93. The molecular weight excluding hydrogens is 356 g/mol. The average Bonchev–Trinajstić information content (AvgIpc) is 2.98. The van der Waals surface area contributed by atoms with E-state index >= 15 is 0 Å². The van der Waals surface area contributed by atoms with Gasteiger partial charge >= 0.3 is 0 Å². The summed E-state index contributed by atoms with van der Waals surface area (Å²) in [5.74, 6) is 0.751. The third-order valence-electron chi connectivity index (χ3n) is 4.49. The van der Waals surface area contributed by atoms with Gasteiger partial charge in [0.1, 0.15) is 0 Å². The topological polar surface area (TPSA) is 59.8 Å². The molecule has 0 bridgehead atoms. The molecule has 2 aromatic carbocycles. The number of aryl methyl sites for hydroxylation is 3. The van der Waals surface area contributed by atoms with E-state index in [9.17, 15) is 4.79 Å². The van der Waals surface area contributed by atoms with Crippen molar-refractivity contribution in [1.82, 2.24) is 14.8 Å². The standard InChI is InChI=1S/C21H24N4OS/c1-13-8-6-11-17(12-13)19-23-24-21(25(19)5)27-16(4)20(26)22-18-14(2)9-7-10-15(18)3/h6-12,16H,1-5H3,(H,22,26). The molecule has 0 spiro atoms. The van der Waals surface area contributed by atoms with E-state index in [0.717, 1.165) is 33.4 Å². The van der Waals surface area contributed by atoms with Crippen molar-refractivity contribution in [2.45, 2.75) is 38.1 Å². The van der Waals surface area contributed by atoms with Crippen molar-refractivity contribution >= 4 is 23.4 Å². The Morgan fingerprint density at radius 1 is 1.07 bits per heavy atom. The summed E-state index contributed by atoms with van der Waals surface area (Å²) in [5.41, 5.74) is 5.19. The fraction of sp³-hybridized carbons (Fsp3) is 0.286. The maximum absolute atomic E-state index is 12.7. The second-order valence-corrected chi connectivity index (χ2v) is 8.06. The first-order valence-corrected chi connectivity index (χ1v) is 9.75. The van der Waals surface area contributed by atoms with E-state index in [-0.39, 0.29) is 11.2 Å². The highest BCUT2D eigenvalue weighted by Crippen LogP contribution is 2.27. The lowest BCUT2D eigenvalue weighted by molar-refractivity contribution is -0.115. The molecule has 0 fully saturated rings. The Bertz CT molecular complexity index is 960. The van der Waals surface area contributed by atoms with Gasteiger partial charge in [-0.05, 0) is 44.9 Å². The Labute approximate surface area is 164 Å². The van der Waals surface area contributed by atoms with E-state index in [0.29, 0.717) is 0 Å². The van der Waals surface area contributed by atoms with Crippen LogP contribution in [-0.2, 0) is 11.8 Å². The maximum Gasteiger partial charge on any atom is 0.237 e. The second-order valence-electron chi connectivity index (χ2n) is 6.75. The molecule has 140 valence electrons. The fourth-order valence-corrected chi connectivity index (χ4v) is 3.72. The molecule has 1 atom stereocenters. The Balaban J connectivity index is 1.75. The van der Waals surface area contributed by atoms with Gasteiger partial charge in [-0.2, -0.15) is 0 Å². The molecule has 0 radical (unpaired) electrons. The van der Waals surface area contributed by atoms with E-state index in [1.807, 2.05) is 62.7 Å². The lowest BCUT2D eigenvalue weighted by Gasteiger charge is -2.15. The maximum atomic E-state index is 12.7. The average molecular weight is 381 g/mol. The summed E-state index contributed by atoms with van der Waals surface area (Å²) in [7, 11) is 1.93. The molecule has 0 aliphatic carbocycles. The largest absolute Gasteiger partial charge is 0.325 e. The summed E-state index contributed by atoms with van der Waals surface area (Å²) in [4.78, 5) is 12.7. The van der Waals surface area contributed by atoms with Crippen molar-refractivity contribution in [2.75, 3.05) is 5.32 Å². The van der Waals surface area contributed by atoms with Gasteiger partial charge in [-0.3, -0.25) is 4.79 Å². The molecule has 5 nitrogen and oxygen atoms in total. The minimum Gasteiger partial charge on any atom is -0.325 e. The Hall–Kier alpha value is -2.60. The molecule has 3 rings (SSSR count). The van der Waals surface area contributed by atoms with Crippen molar-refractivity contribution in [3.63, 3.8) is 0 Å². The molecule has 1 heterocycles. The predicted octanol–water partition coefficient (Wildman–Crippen LogP) is 4.53. The number of hydrogen-bond acceptors (Lipinski definition) is 4. The number of nitrogens with one attached hydrogen (secondary N) is 1. The Morgan fingerprint density at radius 2 is 1.74 bits per heavy atom. The van der Waals surface area contributed by atoms with Gasteiger partial charge in [-0.25, -0.2) is 0 Å². The quantitative estimate of drug-likeness (QED) is 0.661. The molecule has 1 unspecified atom stereocenters. The molecule has 0 aliphatic heterocycles. The number of aromatic nitrogens is 3. The van der Waals surface area contributed by atoms with Crippen LogP contribution in [0.1, 0.15) is 23.6 Å². The molecule has 1 aromatic heterocycles. The molecule has 1 N–H and O–H groups in total. The molecule has 27 heavy (non-hydrogen) atoms. The van der Waals surface area contributed by atoms with Crippen LogP contribution in [0.2, 0.25) is 0 Å².